The standard InChI is InChI=1S/C25H26FN5O3/c1-16-23-19(14-20(22-4-3-11-34-22)28-24(23)30(2)29-16)25(32)27-15-21(31-9-12-33-13-10-31)17-5-7-18(26)8-6-17/h3-8,11,14,21H,9-10,12-13,15H2,1-2H3,(H,27,32). The predicted octanol–water partition coefficient (Wildman–Crippen LogP) is 3.48. The summed E-state index contributed by atoms with van der Waals surface area (Å²) in [5.74, 6) is 0.0641. The van der Waals surface area contributed by atoms with Crippen LogP contribution in [0.15, 0.2) is 53.1 Å². The first-order valence-electron chi connectivity index (χ1n) is 11.2. The fraction of sp³-hybridized carbons (Fsp3) is 0.320. The molecule has 0 spiro atoms. The van der Waals surface area contributed by atoms with Crippen molar-refractivity contribution in [2.45, 2.75) is 13.0 Å². The first-order valence-corrected chi connectivity index (χ1v) is 11.2. The van der Waals surface area contributed by atoms with Crippen LogP contribution in [0.3, 0.4) is 0 Å². The number of carbonyl (C=O) groups is 1. The Kier molecular flexibility index (Phi) is 6.12. The molecule has 0 radical (unpaired) electrons. The van der Waals surface area contributed by atoms with Crippen LogP contribution in [0, 0.1) is 12.7 Å². The van der Waals surface area contributed by atoms with Crippen LogP contribution in [0.25, 0.3) is 22.5 Å². The molecule has 1 fully saturated rings. The van der Waals surface area contributed by atoms with Gasteiger partial charge >= 0.3 is 0 Å². The summed E-state index contributed by atoms with van der Waals surface area (Å²) in [5.41, 5.74) is 3.33. The van der Waals surface area contributed by atoms with E-state index < -0.39 is 0 Å². The van der Waals surface area contributed by atoms with Gasteiger partial charge in [-0.05, 0) is 42.8 Å². The topological polar surface area (TPSA) is 85.4 Å². The van der Waals surface area contributed by atoms with Gasteiger partial charge in [0.2, 0.25) is 0 Å². The number of morpholine rings is 1. The maximum absolute atomic E-state index is 13.5. The molecule has 1 aliphatic heterocycles. The second-order valence-electron chi connectivity index (χ2n) is 8.37. The Morgan fingerprint density at radius 2 is 1.97 bits per heavy atom. The molecule has 1 aliphatic rings. The average molecular weight is 464 g/mol. The van der Waals surface area contributed by atoms with Crippen LogP contribution in [0.5, 0.6) is 0 Å². The third kappa shape index (κ3) is 4.32. The van der Waals surface area contributed by atoms with E-state index in [4.69, 9.17) is 9.15 Å². The van der Waals surface area contributed by atoms with Gasteiger partial charge in [-0.1, -0.05) is 12.1 Å². The van der Waals surface area contributed by atoms with Gasteiger partial charge in [-0.25, -0.2) is 9.37 Å². The minimum absolute atomic E-state index is 0.106. The molecule has 3 aromatic heterocycles. The molecular weight excluding hydrogens is 437 g/mol. The van der Waals surface area contributed by atoms with Crippen LogP contribution in [0.1, 0.15) is 27.7 Å². The summed E-state index contributed by atoms with van der Waals surface area (Å²) < 4.78 is 26.2. The first kappa shape index (κ1) is 22.2. The number of fused-ring (bicyclic) bond motifs is 1. The van der Waals surface area contributed by atoms with E-state index in [9.17, 15) is 9.18 Å². The molecule has 8 nitrogen and oxygen atoms in total. The van der Waals surface area contributed by atoms with Crippen molar-refractivity contribution in [2.75, 3.05) is 32.8 Å². The third-order valence-corrected chi connectivity index (χ3v) is 6.18. The van der Waals surface area contributed by atoms with Crippen molar-refractivity contribution in [3.63, 3.8) is 0 Å². The Morgan fingerprint density at radius 1 is 1.21 bits per heavy atom. The van der Waals surface area contributed by atoms with Crippen molar-refractivity contribution in [3.8, 4) is 11.5 Å². The molecule has 1 aromatic carbocycles. The molecule has 4 aromatic rings. The molecule has 1 atom stereocenters. The quantitative estimate of drug-likeness (QED) is 0.471. The maximum atomic E-state index is 13.5. The molecule has 1 unspecified atom stereocenters. The zero-order valence-electron chi connectivity index (χ0n) is 19.1. The van der Waals surface area contributed by atoms with Crippen molar-refractivity contribution < 1.29 is 18.3 Å². The number of amides is 1. The largest absolute Gasteiger partial charge is 0.463 e. The van der Waals surface area contributed by atoms with Gasteiger partial charge in [-0.15, -0.1) is 0 Å². The van der Waals surface area contributed by atoms with E-state index >= 15 is 0 Å². The highest BCUT2D eigenvalue weighted by Crippen LogP contribution is 2.28. The lowest BCUT2D eigenvalue weighted by Crippen LogP contribution is -2.43. The highest BCUT2D eigenvalue weighted by atomic mass is 19.1. The van der Waals surface area contributed by atoms with E-state index in [1.54, 1.807) is 42.3 Å². The highest BCUT2D eigenvalue weighted by Gasteiger charge is 2.25. The number of nitrogens with one attached hydrogen (secondary N) is 1. The van der Waals surface area contributed by atoms with Crippen LogP contribution in [0.4, 0.5) is 4.39 Å². The van der Waals surface area contributed by atoms with Crippen LogP contribution < -0.4 is 5.32 Å². The van der Waals surface area contributed by atoms with Gasteiger partial charge in [0.1, 0.15) is 11.5 Å². The first-order chi connectivity index (χ1) is 16.5. The summed E-state index contributed by atoms with van der Waals surface area (Å²) in [6, 6.07) is 11.7. The van der Waals surface area contributed by atoms with Gasteiger partial charge in [0.05, 0.1) is 42.2 Å². The molecule has 4 heterocycles. The summed E-state index contributed by atoms with van der Waals surface area (Å²) in [6.45, 7) is 4.95. The van der Waals surface area contributed by atoms with Crippen molar-refractivity contribution in [2.24, 2.45) is 7.05 Å². The van der Waals surface area contributed by atoms with Crippen molar-refractivity contribution in [1.82, 2.24) is 25.0 Å². The normalized spacial score (nSPS) is 15.5. The number of halogens is 1. The van der Waals surface area contributed by atoms with E-state index in [1.165, 1.54) is 12.1 Å². The molecular formula is C25H26FN5O3. The molecule has 1 N–H and O–H groups in total. The maximum Gasteiger partial charge on any atom is 0.252 e. The molecule has 5 rings (SSSR count). The van der Waals surface area contributed by atoms with Gasteiger partial charge in [-0.2, -0.15) is 5.10 Å². The van der Waals surface area contributed by atoms with Crippen LogP contribution in [-0.2, 0) is 11.8 Å². The molecule has 1 amide bonds. The summed E-state index contributed by atoms with van der Waals surface area (Å²) in [4.78, 5) is 20.4. The third-order valence-electron chi connectivity index (χ3n) is 6.18. The van der Waals surface area contributed by atoms with Crippen molar-refractivity contribution in [3.05, 3.63) is 71.4 Å². The minimum atomic E-state index is -0.287. The molecule has 1 saturated heterocycles. The van der Waals surface area contributed by atoms with Crippen LogP contribution >= 0.6 is 0 Å². The van der Waals surface area contributed by atoms with E-state index in [2.05, 4.69) is 20.3 Å². The fourth-order valence-electron chi connectivity index (χ4n) is 4.49. The highest BCUT2D eigenvalue weighted by molar-refractivity contribution is 6.07. The lowest BCUT2D eigenvalue weighted by atomic mass is 10.0. The fourth-order valence-corrected chi connectivity index (χ4v) is 4.49. The van der Waals surface area contributed by atoms with Gasteiger partial charge in [0.15, 0.2) is 11.4 Å². The number of furan rings is 1. The van der Waals surface area contributed by atoms with Crippen LogP contribution in [-0.4, -0.2) is 58.4 Å². The number of benzene rings is 1. The minimum Gasteiger partial charge on any atom is -0.463 e. The Morgan fingerprint density at radius 3 is 2.68 bits per heavy atom. The zero-order valence-corrected chi connectivity index (χ0v) is 19.1. The van der Waals surface area contributed by atoms with Gasteiger partial charge in [0, 0.05) is 26.7 Å². The van der Waals surface area contributed by atoms with E-state index in [0.29, 0.717) is 47.8 Å². The zero-order chi connectivity index (χ0) is 23.7. The van der Waals surface area contributed by atoms with Gasteiger partial charge in [0.25, 0.3) is 5.91 Å². The van der Waals surface area contributed by atoms with Gasteiger partial charge in [-0.3, -0.25) is 14.4 Å². The molecule has 0 aliphatic carbocycles. The summed E-state index contributed by atoms with van der Waals surface area (Å²) in [5, 5.41) is 8.27. The van der Waals surface area contributed by atoms with Crippen LogP contribution in [0.2, 0.25) is 0 Å². The average Bonchev–Trinajstić information content (AvgIpc) is 3.49. The summed E-state index contributed by atoms with van der Waals surface area (Å²) >= 11 is 0. The van der Waals surface area contributed by atoms with Crippen molar-refractivity contribution in [1.29, 1.82) is 0 Å². The number of ether oxygens (including phenoxy) is 1. The number of aromatic nitrogens is 3. The van der Waals surface area contributed by atoms with E-state index in [1.807, 2.05) is 13.0 Å². The van der Waals surface area contributed by atoms with Gasteiger partial charge < -0.3 is 14.5 Å². The number of pyridine rings is 1. The Hall–Kier alpha value is -3.56. The predicted molar refractivity (Wildman–Crippen MR) is 125 cm³/mol. The number of carbonyl (C=O) groups excluding carboxylic acids is 1. The monoisotopic (exact) mass is 463 g/mol. The summed E-state index contributed by atoms with van der Waals surface area (Å²) in [7, 11) is 1.80. The lowest BCUT2D eigenvalue weighted by molar-refractivity contribution is 0.0162. The van der Waals surface area contributed by atoms with Crippen molar-refractivity contribution >= 4 is 16.9 Å². The number of nitrogens with zero attached hydrogens (tertiary/aromatic N) is 4. The number of hydrogen-bond donors (Lipinski definition) is 1. The number of hydrogen-bond acceptors (Lipinski definition) is 6. The van der Waals surface area contributed by atoms with E-state index in [-0.39, 0.29) is 17.8 Å². The Labute approximate surface area is 196 Å². The molecule has 0 saturated carbocycles. The molecule has 9 heteroatoms. The molecule has 34 heavy (non-hydrogen) atoms. The smallest absolute Gasteiger partial charge is 0.252 e. The Balaban J connectivity index is 1.46. The van der Waals surface area contributed by atoms with E-state index in [0.717, 1.165) is 24.3 Å². The molecule has 0 bridgehead atoms. The second-order valence-corrected chi connectivity index (χ2v) is 8.37. The SMILES string of the molecule is Cc1nn(C)c2nc(-c3ccco3)cc(C(=O)NCC(c3ccc(F)cc3)N3CCOCC3)c12. The Bertz CT molecular complexity index is 1290. The number of aryl methyl sites for hydroxylation is 2. The lowest BCUT2D eigenvalue weighted by Gasteiger charge is -2.35. The summed E-state index contributed by atoms with van der Waals surface area (Å²) in [6.07, 6.45) is 1.57. The molecule has 176 valence electrons. The second kappa shape index (κ2) is 9.36. The number of rotatable bonds is 6.